The van der Waals surface area contributed by atoms with Gasteiger partial charge in [-0.3, -0.25) is 4.79 Å². The number of amides is 1. The molecule has 5 nitrogen and oxygen atoms in total. The highest BCUT2D eigenvalue weighted by atomic mass is 16.2. The third kappa shape index (κ3) is 2.72. The lowest BCUT2D eigenvalue weighted by atomic mass is 10.2. The molecule has 0 saturated carbocycles. The number of hydrogen-bond acceptors (Lipinski definition) is 4. The maximum absolute atomic E-state index is 12.0. The van der Waals surface area contributed by atoms with E-state index >= 15 is 0 Å². The molecule has 2 heterocycles. The number of carbonyl (C=O) groups excluding carboxylic acids is 1. The van der Waals surface area contributed by atoms with Gasteiger partial charge in [0.15, 0.2) is 0 Å². The molecule has 5 heteroatoms. The van der Waals surface area contributed by atoms with Crippen molar-refractivity contribution in [2.45, 2.75) is 38.8 Å². The molecule has 1 saturated heterocycles. The van der Waals surface area contributed by atoms with Gasteiger partial charge < -0.3 is 10.2 Å². The Kier molecular flexibility index (Phi) is 3.56. The quantitative estimate of drug-likeness (QED) is 0.846. The number of nitrogens with one attached hydrogen (secondary N) is 1. The summed E-state index contributed by atoms with van der Waals surface area (Å²) in [5.41, 5.74) is 0. The van der Waals surface area contributed by atoms with E-state index in [1.54, 1.807) is 18.5 Å². The number of nitrogens with zero attached hydrogens (tertiary/aromatic N) is 3. The van der Waals surface area contributed by atoms with Gasteiger partial charge in [-0.25, -0.2) is 9.97 Å². The summed E-state index contributed by atoms with van der Waals surface area (Å²) >= 11 is 0. The van der Waals surface area contributed by atoms with Crippen LogP contribution in [0.25, 0.3) is 0 Å². The number of anilines is 1. The molecule has 1 aromatic rings. The predicted octanol–water partition coefficient (Wildman–Crippen LogP) is 0.970. The third-order valence-electron chi connectivity index (χ3n) is 2.80. The van der Waals surface area contributed by atoms with Gasteiger partial charge in [-0.15, -0.1) is 0 Å². The highest BCUT2D eigenvalue weighted by Gasteiger charge is 2.32. The zero-order valence-electron chi connectivity index (χ0n) is 10.3. The van der Waals surface area contributed by atoms with E-state index in [-0.39, 0.29) is 18.0 Å². The Morgan fingerprint density at radius 1 is 1.47 bits per heavy atom. The standard InChI is InChI=1S/C12H18N4O/c1-9(2)15-11(17)10-5-3-8-16(10)12-13-6-4-7-14-12/h4,6-7,9-10H,3,5,8H2,1-2H3,(H,15,17). The van der Waals surface area contributed by atoms with Crippen molar-refractivity contribution in [3.63, 3.8) is 0 Å². The van der Waals surface area contributed by atoms with Crippen LogP contribution in [-0.2, 0) is 4.79 Å². The van der Waals surface area contributed by atoms with Gasteiger partial charge in [-0.1, -0.05) is 0 Å². The van der Waals surface area contributed by atoms with E-state index in [9.17, 15) is 4.79 Å². The Labute approximate surface area is 101 Å². The molecule has 2 rings (SSSR count). The SMILES string of the molecule is CC(C)NC(=O)C1CCCN1c1ncccn1. The predicted molar refractivity (Wildman–Crippen MR) is 65.7 cm³/mol. The first-order valence-corrected chi connectivity index (χ1v) is 6.02. The van der Waals surface area contributed by atoms with E-state index in [4.69, 9.17) is 0 Å². The summed E-state index contributed by atoms with van der Waals surface area (Å²) in [5.74, 6) is 0.721. The molecular weight excluding hydrogens is 216 g/mol. The van der Waals surface area contributed by atoms with Crippen molar-refractivity contribution >= 4 is 11.9 Å². The average Bonchev–Trinajstić information content (AvgIpc) is 2.78. The molecule has 1 fully saturated rings. The van der Waals surface area contributed by atoms with Gasteiger partial charge in [-0.05, 0) is 32.8 Å². The zero-order chi connectivity index (χ0) is 12.3. The molecule has 0 aliphatic carbocycles. The maximum Gasteiger partial charge on any atom is 0.243 e. The van der Waals surface area contributed by atoms with Crippen molar-refractivity contribution in [1.82, 2.24) is 15.3 Å². The highest BCUT2D eigenvalue weighted by molar-refractivity contribution is 5.85. The van der Waals surface area contributed by atoms with Crippen LogP contribution in [0.15, 0.2) is 18.5 Å². The number of rotatable bonds is 3. The van der Waals surface area contributed by atoms with Crippen LogP contribution >= 0.6 is 0 Å². The van der Waals surface area contributed by atoms with Crippen molar-refractivity contribution in [2.24, 2.45) is 0 Å². The number of hydrogen-bond donors (Lipinski definition) is 1. The Morgan fingerprint density at radius 3 is 2.82 bits per heavy atom. The van der Waals surface area contributed by atoms with Crippen molar-refractivity contribution in [1.29, 1.82) is 0 Å². The van der Waals surface area contributed by atoms with Crippen LogP contribution in [0.2, 0.25) is 0 Å². The second-order valence-electron chi connectivity index (χ2n) is 4.56. The van der Waals surface area contributed by atoms with E-state index in [1.807, 2.05) is 18.7 Å². The van der Waals surface area contributed by atoms with Gasteiger partial charge in [-0.2, -0.15) is 0 Å². The smallest absolute Gasteiger partial charge is 0.243 e. The van der Waals surface area contributed by atoms with Crippen LogP contribution in [0, 0.1) is 0 Å². The summed E-state index contributed by atoms with van der Waals surface area (Å²) in [6, 6.07) is 1.82. The summed E-state index contributed by atoms with van der Waals surface area (Å²) in [4.78, 5) is 22.4. The van der Waals surface area contributed by atoms with E-state index < -0.39 is 0 Å². The summed E-state index contributed by atoms with van der Waals surface area (Å²) in [7, 11) is 0. The van der Waals surface area contributed by atoms with Crippen LogP contribution in [0.4, 0.5) is 5.95 Å². The Morgan fingerprint density at radius 2 is 2.18 bits per heavy atom. The van der Waals surface area contributed by atoms with E-state index in [0.717, 1.165) is 19.4 Å². The van der Waals surface area contributed by atoms with Gasteiger partial charge in [0.2, 0.25) is 11.9 Å². The molecule has 92 valence electrons. The normalized spacial score (nSPS) is 19.7. The summed E-state index contributed by atoms with van der Waals surface area (Å²) in [6.45, 7) is 4.78. The van der Waals surface area contributed by atoms with E-state index in [2.05, 4.69) is 15.3 Å². The topological polar surface area (TPSA) is 58.1 Å². The minimum Gasteiger partial charge on any atom is -0.352 e. The lowest BCUT2D eigenvalue weighted by molar-refractivity contribution is -0.122. The lowest BCUT2D eigenvalue weighted by Gasteiger charge is -2.24. The fraction of sp³-hybridized carbons (Fsp3) is 0.583. The molecule has 1 aliphatic heterocycles. The van der Waals surface area contributed by atoms with Crippen LogP contribution in [0.5, 0.6) is 0 Å². The molecule has 0 aromatic carbocycles. The van der Waals surface area contributed by atoms with E-state index in [1.165, 1.54) is 0 Å². The molecular formula is C12H18N4O. The van der Waals surface area contributed by atoms with Crippen molar-refractivity contribution in [3.8, 4) is 0 Å². The number of carbonyl (C=O) groups is 1. The fourth-order valence-electron chi connectivity index (χ4n) is 2.10. The largest absolute Gasteiger partial charge is 0.352 e. The van der Waals surface area contributed by atoms with Gasteiger partial charge >= 0.3 is 0 Å². The first-order chi connectivity index (χ1) is 8.18. The molecule has 0 spiro atoms. The molecule has 1 N–H and O–H groups in total. The summed E-state index contributed by atoms with van der Waals surface area (Å²) in [6.07, 6.45) is 5.29. The Bertz CT molecular complexity index is 379. The average molecular weight is 234 g/mol. The van der Waals surface area contributed by atoms with Crippen molar-refractivity contribution < 1.29 is 4.79 Å². The molecule has 1 aromatic heterocycles. The van der Waals surface area contributed by atoms with Gasteiger partial charge in [0.05, 0.1) is 0 Å². The van der Waals surface area contributed by atoms with Crippen LogP contribution in [0.3, 0.4) is 0 Å². The van der Waals surface area contributed by atoms with Crippen LogP contribution in [0.1, 0.15) is 26.7 Å². The first kappa shape index (κ1) is 11.8. The molecule has 1 aliphatic rings. The minimum absolute atomic E-state index is 0.0740. The van der Waals surface area contributed by atoms with Gasteiger partial charge in [0.1, 0.15) is 6.04 Å². The molecule has 1 atom stereocenters. The molecule has 17 heavy (non-hydrogen) atoms. The molecule has 1 unspecified atom stereocenters. The van der Waals surface area contributed by atoms with Crippen LogP contribution in [-0.4, -0.2) is 34.5 Å². The van der Waals surface area contributed by atoms with Crippen molar-refractivity contribution in [3.05, 3.63) is 18.5 Å². The fourth-order valence-corrected chi connectivity index (χ4v) is 2.10. The first-order valence-electron chi connectivity index (χ1n) is 6.02. The third-order valence-corrected chi connectivity index (χ3v) is 2.80. The maximum atomic E-state index is 12.0. The lowest BCUT2D eigenvalue weighted by Crippen LogP contribution is -2.46. The van der Waals surface area contributed by atoms with E-state index in [0.29, 0.717) is 5.95 Å². The summed E-state index contributed by atoms with van der Waals surface area (Å²) < 4.78 is 0. The Balaban J connectivity index is 2.10. The van der Waals surface area contributed by atoms with Crippen molar-refractivity contribution in [2.75, 3.05) is 11.4 Å². The molecule has 1 amide bonds. The highest BCUT2D eigenvalue weighted by Crippen LogP contribution is 2.21. The van der Waals surface area contributed by atoms with Gasteiger partial charge in [0.25, 0.3) is 0 Å². The molecule has 0 radical (unpaired) electrons. The second-order valence-corrected chi connectivity index (χ2v) is 4.56. The minimum atomic E-state index is -0.125. The number of aromatic nitrogens is 2. The van der Waals surface area contributed by atoms with Gasteiger partial charge in [0, 0.05) is 25.0 Å². The summed E-state index contributed by atoms with van der Waals surface area (Å²) in [5, 5.41) is 2.95. The zero-order valence-corrected chi connectivity index (χ0v) is 10.3. The Hall–Kier alpha value is -1.65. The van der Waals surface area contributed by atoms with Crippen LogP contribution < -0.4 is 10.2 Å². The second kappa shape index (κ2) is 5.12. The molecule has 0 bridgehead atoms. The monoisotopic (exact) mass is 234 g/mol.